The smallest absolute Gasteiger partial charge is 0.287 e. The van der Waals surface area contributed by atoms with E-state index in [1.54, 1.807) is 23.9 Å². The molecule has 6 heteroatoms. The van der Waals surface area contributed by atoms with Gasteiger partial charge in [-0.05, 0) is 18.1 Å². The number of alkyl halides is 3. The summed E-state index contributed by atoms with van der Waals surface area (Å²) in [5, 5.41) is 11.7. The predicted octanol–water partition coefficient (Wildman–Crippen LogP) is 3.05. The highest BCUT2D eigenvalue weighted by Gasteiger charge is 2.40. The summed E-state index contributed by atoms with van der Waals surface area (Å²) < 4.78 is 36.9. The molecule has 96 valence electrons. The van der Waals surface area contributed by atoms with Crippen LogP contribution in [0.15, 0.2) is 29.2 Å². The van der Waals surface area contributed by atoms with E-state index in [4.69, 9.17) is 0 Å². The molecule has 2 rings (SSSR count). The monoisotopic (exact) mass is 272 g/mol. The fourth-order valence-corrected chi connectivity index (χ4v) is 3.18. The van der Waals surface area contributed by atoms with Gasteiger partial charge in [-0.3, -0.25) is 5.32 Å². The number of halogens is 3. The van der Waals surface area contributed by atoms with Gasteiger partial charge in [-0.2, -0.15) is 18.4 Å². The van der Waals surface area contributed by atoms with Crippen LogP contribution in [-0.2, 0) is 5.54 Å². The molecular formula is C12H11F3N2S. The van der Waals surface area contributed by atoms with E-state index in [1.165, 1.54) is 0 Å². The molecule has 0 aromatic heterocycles. The summed E-state index contributed by atoms with van der Waals surface area (Å²) in [6.45, 7) is -1.15. The Balaban J connectivity index is 2.32. The standard InChI is InChI=1S/C12H11F3N2S/c13-12(14,15)8-17-11(7-16)5-6-18-10-4-2-1-3-9(10)11/h1-4,17H,5-6,8H2. The highest BCUT2D eigenvalue weighted by atomic mass is 32.2. The number of nitrogens with one attached hydrogen (secondary N) is 1. The first kappa shape index (κ1) is 13.2. The molecule has 1 aliphatic heterocycles. The fraction of sp³-hybridized carbons (Fsp3) is 0.417. The van der Waals surface area contributed by atoms with Crippen LogP contribution in [0.4, 0.5) is 13.2 Å². The molecule has 1 aliphatic rings. The molecule has 0 amide bonds. The average molecular weight is 272 g/mol. The maximum absolute atomic E-state index is 12.3. The lowest BCUT2D eigenvalue weighted by atomic mass is 9.88. The van der Waals surface area contributed by atoms with Crippen LogP contribution in [0.3, 0.4) is 0 Å². The van der Waals surface area contributed by atoms with E-state index in [9.17, 15) is 18.4 Å². The topological polar surface area (TPSA) is 35.8 Å². The van der Waals surface area contributed by atoms with Crippen molar-refractivity contribution in [2.75, 3.05) is 12.3 Å². The van der Waals surface area contributed by atoms with Gasteiger partial charge >= 0.3 is 6.18 Å². The van der Waals surface area contributed by atoms with Gasteiger partial charge < -0.3 is 0 Å². The maximum Gasteiger partial charge on any atom is 0.401 e. The van der Waals surface area contributed by atoms with Crippen molar-refractivity contribution in [3.8, 4) is 6.07 Å². The van der Waals surface area contributed by atoms with Crippen LogP contribution in [0.1, 0.15) is 12.0 Å². The summed E-state index contributed by atoms with van der Waals surface area (Å²) in [7, 11) is 0. The third-order valence-electron chi connectivity index (χ3n) is 2.86. The quantitative estimate of drug-likeness (QED) is 0.898. The molecule has 1 N–H and O–H groups in total. The Morgan fingerprint density at radius 2 is 2.11 bits per heavy atom. The van der Waals surface area contributed by atoms with Crippen molar-refractivity contribution in [3.63, 3.8) is 0 Å². The maximum atomic E-state index is 12.3. The molecular weight excluding hydrogens is 261 g/mol. The van der Waals surface area contributed by atoms with Gasteiger partial charge in [0.05, 0.1) is 12.6 Å². The van der Waals surface area contributed by atoms with Gasteiger partial charge in [-0.25, -0.2) is 0 Å². The molecule has 1 atom stereocenters. The normalized spacial score (nSPS) is 23.2. The Kier molecular flexibility index (Phi) is 3.55. The van der Waals surface area contributed by atoms with Crippen LogP contribution < -0.4 is 5.32 Å². The van der Waals surface area contributed by atoms with Crippen molar-refractivity contribution in [2.45, 2.75) is 23.0 Å². The van der Waals surface area contributed by atoms with Crippen molar-refractivity contribution in [1.82, 2.24) is 5.32 Å². The van der Waals surface area contributed by atoms with Gasteiger partial charge in [0.2, 0.25) is 0 Å². The highest BCUT2D eigenvalue weighted by molar-refractivity contribution is 7.99. The minimum Gasteiger partial charge on any atom is -0.287 e. The zero-order valence-electron chi connectivity index (χ0n) is 9.42. The Morgan fingerprint density at radius 1 is 1.39 bits per heavy atom. The van der Waals surface area contributed by atoms with Gasteiger partial charge in [-0.15, -0.1) is 11.8 Å². The minimum absolute atomic E-state index is 0.376. The van der Waals surface area contributed by atoms with Crippen LogP contribution in [0.25, 0.3) is 0 Å². The summed E-state index contributed by atoms with van der Waals surface area (Å²) >= 11 is 1.57. The Hall–Kier alpha value is -1.19. The molecule has 0 aliphatic carbocycles. The average Bonchev–Trinajstić information content (AvgIpc) is 2.35. The number of thioether (sulfide) groups is 1. The molecule has 2 nitrogen and oxygen atoms in total. The van der Waals surface area contributed by atoms with Crippen LogP contribution in [0, 0.1) is 11.3 Å². The van der Waals surface area contributed by atoms with Crippen molar-refractivity contribution in [1.29, 1.82) is 5.26 Å². The number of rotatable bonds is 2. The molecule has 1 unspecified atom stereocenters. The molecule has 0 bridgehead atoms. The van der Waals surface area contributed by atoms with Crippen molar-refractivity contribution >= 4 is 11.8 Å². The molecule has 0 fully saturated rings. The van der Waals surface area contributed by atoms with E-state index in [0.29, 0.717) is 17.7 Å². The number of nitriles is 1. The van der Waals surface area contributed by atoms with Crippen molar-refractivity contribution in [3.05, 3.63) is 29.8 Å². The van der Waals surface area contributed by atoms with E-state index in [1.807, 2.05) is 18.2 Å². The predicted molar refractivity (Wildman–Crippen MR) is 63.1 cm³/mol. The van der Waals surface area contributed by atoms with Gasteiger partial charge in [0.25, 0.3) is 0 Å². The summed E-state index contributed by atoms with van der Waals surface area (Å²) in [4.78, 5) is 0.875. The van der Waals surface area contributed by atoms with E-state index < -0.39 is 18.3 Å². The molecule has 0 spiro atoms. The van der Waals surface area contributed by atoms with Crippen LogP contribution in [-0.4, -0.2) is 18.5 Å². The zero-order chi connectivity index (χ0) is 13.2. The lowest BCUT2D eigenvalue weighted by Crippen LogP contribution is -2.47. The summed E-state index contributed by atoms with van der Waals surface area (Å²) in [6, 6.07) is 9.14. The Labute approximate surface area is 107 Å². The Morgan fingerprint density at radius 3 is 2.78 bits per heavy atom. The number of fused-ring (bicyclic) bond motifs is 1. The third kappa shape index (κ3) is 2.62. The van der Waals surface area contributed by atoms with Crippen molar-refractivity contribution < 1.29 is 13.2 Å². The van der Waals surface area contributed by atoms with Gasteiger partial charge in [0.15, 0.2) is 0 Å². The molecule has 0 radical (unpaired) electrons. The summed E-state index contributed by atoms with van der Waals surface area (Å²) in [6.07, 6.45) is -3.94. The third-order valence-corrected chi connectivity index (χ3v) is 3.94. The lowest BCUT2D eigenvalue weighted by molar-refractivity contribution is -0.127. The van der Waals surface area contributed by atoms with E-state index in [2.05, 4.69) is 5.32 Å². The van der Waals surface area contributed by atoms with E-state index in [0.717, 1.165) is 4.90 Å². The highest BCUT2D eigenvalue weighted by Crippen LogP contribution is 2.40. The van der Waals surface area contributed by atoms with Crippen LogP contribution in [0.5, 0.6) is 0 Å². The second kappa shape index (κ2) is 4.82. The first-order chi connectivity index (χ1) is 8.47. The number of benzene rings is 1. The second-order valence-electron chi connectivity index (χ2n) is 4.08. The first-order valence-corrected chi connectivity index (χ1v) is 6.41. The minimum atomic E-state index is -4.32. The zero-order valence-corrected chi connectivity index (χ0v) is 10.2. The van der Waals surface area contributed by atoms with Gasteiger partial charge in [-0.1, -0.05) is 18.2 Å². The summed E-state index contributed by atoms with van der Waals surface area (Å²) in [5.41, 5.74) is -0.579. The number of nitrogens with zero attached hydrogens (tertiary/aromatic N) is 1. The van der Waals surface area contributed by atoms with Crippen molar-refractivity contribution in [2.24, 2.45) is 0 Å². The van der Waals surface area contributed by atoms with Gasteiger partial charge in [0, 0.05) is 10.6 Å². The first-order valence-electron chi connectivity index (χ1n) is 5.42. The van der Waals surface area contributed by atoms with Crippen LogP contribution in [0.2, 0.25) is 0 Å². The second-order valence-corrected chi connectivity index (χ2v) is 5.22. The Bertz CT molecular complexity index is 481. The fourth-order valence-electron chi connectivity index (χ4n) is 1.98. The number of hydrogen-bond acceptors (Lipinski definition) is 3. The largest absolute Gasteiger partial charge is 0.401 e. The molecule has 0 saturated carbocycles. The van der Waals surface area contributed by atoms with Gasteiger partial charge in [0.1, 0.15) is 5.54 Å². The van der Waals surface area contributed by atoms with E-state index >= 15 is 0 Å². The number of hydrogen-bond donors (Lipinski definition) is 1. The van der Waals surface area contributed by atoms with E-state index in [-0.39, 0.29) is 0 Å². The lowest BCUT2D eigenvalue weighted by Gasteiger charge is -2.34. The SMILES string of the molecule is N#CC1(NCC(F)(F)F)CCSc2ccccc21. The molecule has 0 saturated heterocycles. The molecule has 18 heavy (non-hydrogen) atoms. The summed E-state index contributed by atoms with van der Waals surface area (Å²) in [5.74, 6) is 0.634. The molecule has 1 heterocycles. The molecule has 1 aromatic carbocycles. The van der Waals surface area contributed by atoms with Crippen LogP contribution >= 0.6 is 11.8 Å². The molecule has 1 aromatic rings.